The predicted molar refractivity (Wildman–Crippen MR) is 93.2 cm³/mol. The summed E-state index contributed by atoms with van der Waals surface area (Å²) in [7, 11) is 0. The SMILES string of the molecule is Cc1cc(CNC(=O)Nc2cccc(-c3nnco3)c2)cc(C)c1O. The molecule has 25 heavy (non-hydrogen) atoms. The molecule has 7 heteroatoms. The normalized spacial score (nSPS) is 10.5. The molecule has 0 fully saturated rings. The fourth-order valence-electron chi connectivity index (χ4n) is 2.53. The Bertz CT molecular complexity index is 868. The minimum absolute atomic E-state index is 0.283. The van der Waals surface area contributed by atoms with E-state index in [1.807, 2.05) is 32.0 Å². The Hall–Kier alpha value is -3.35. The number of phenolic OH excluding ortho intramolecular Hbond substituents is 1. The number of rotatable bonds is 4. The molecule has 2 amide bonds. The van der Waals surface area contributed by atoms with Gasteiger partial charge >= 0.3 is 6.03 Å². The van der Waals surface area contributed by atoms with Gasteiger partial charge in [-0.25, -0.2) is 4.79 Å². The van der Waals surface area contributed by atoms with E-state index in [0.29, 0.717) is 18.1 Å². The van der Waals surface area contributed by atoms with Gasteiger partial charge < -0.3 is 20.2 Å². The molecule has 0 aliphatic carbocycles. The first kappa shape index (κ1) is 16.5. The van der Waals surface area contributed by atoms with Gasteiger partial charge in [0.05, 0.1) is 0 Å². The lowest BCUT2D eigenvalue weighted by atomic mass is 10.1. The van der Waals surface area contributed by atoms with Crippen LogP contribution in [0.25, 0.3) is 11.5 Å². The largest absolute Gasteiger partial charge is 0.507 e. The van der Waals surface area contributed by atoms with Crippen LogP contribution in [0.1, 0.15) is 16.7 Å². The Balaban J connectivity index is 1.62. The Kier molecular flexibility index (Phi) is 4.65. The van der Waals surface area contributed by atoms with Gasteiger partial charge in [-0.15, -0.1) is 10.2 Å². The lowest BCUT2D eigenvalue weighted by Gasteiger charge is -2.10. The first-order chi connectivity index (χ1) is 12.0. The molecule has 0 radical (unpaired) electrons. The van der Waals surface area contributed by atoms with Gasteiger partial charge in [0.1, 0.15) is 5.75 Å². The average molecular weight is 338 g/mol. The molecular weight excluding hydrogens is 320 g/mol. The van der Waals surface area contributed by atoms with E-state index in [4.69, 9.17) is 4.42 Å². The number of anilines is 1. The molecule has 3 aromatic rings. The fourth-order valence-corrected chi connectivity index (χ4v) is 2.53. The van der Waals surface area contributed by atoms with Crippen LogP contribution in [-0.2, 0) is 6.54 Å². The van der Waals surface area contributed by atoms with E-state index < -0.39 is 0 Å². The number of aromatic hydroxyl groups is 1. The average Bonchev–Trinajstić information content (AvgIpc) is 3.12. The monoisotopic (exact) mass is 338 g/mol. The van der Waals surface area contributed by atoms with Crippen molar-refractivity contribution in [1.82, 2.24) is 15.5 Å². The molecule has 7 nitrogen and oxygen atoms in total. The quantitative estimate of drug-likeness (QED) is 0.677. The highest BCUT2D eigenvalue weighted by atomic mass is 16.4. The summed E-state index contributed by atoms with van der Waals surface area (Å²) in [6.45, 7) is 4.01. The van der Waals surface area contributed by atoms with Crippen LogP contribution < -0.4 is 10.6 Å². The van der Waals surface area contributed by atoms with Gasteiger partial charge in [-0.2, -0.15) is 0 Å². The summed E-state index contributed by atoms with van der Waals surface area (Å²) < 4.78 is 5.15. The number of amides is 2. The highest BCUT2D eigenvalue weighted by Crippen LogP contribution is 2.23. The van der Waals surface area contributed by atoms with Gasteiger partial charge in [0.25, 0.3) is 0 Å². The van der Waals surface area contributed by atoms with Crippen molar-refractivity contribution in [3.05, 3.63) is 59.5 Å². The molecule has 0 spiro atoms. The summed E-state index contributed by atoms with van der Waals surface area (Å²) in [6, 6.07) is 10.5. The number of carbonyl (C=O) groups is 1. The van der Waals surface area contributed by atoms with Crippen molar-refractivity contribution in [1.29, 1.82) is 0 Å². The Morgan fingerprint density at radius 2 is 1.96 bits per heavy atom. The van der Waals surface area contributed by atoms with Crippen LogP contribution in [-0.4, -0.2) is 21.3 Å². The van der Waals surface area contributed by atoms with Crippen molar-refractivity contribution in [2.75, 3.05) is 5.32 Å². The second-order valence-corrected chi connectivity index (χ2v) is 5.71. The van der Waals surface area contributed by atoms with Gasteiger partial charge in [0, 0.05) is 17.8 Å². The molecule has 1 aromatic heterocycles. The lowest BCUT2D eigenvalue weighted by Crippen LogP contribution is -2.28. The van der Waals surface area contributed by atoms with Crippen molar-refractivity contribution < 1.29 is 14.3 Å². The number of aromatic nitrogens is 2. The standard InChI is InChI=1S/C18H18N4O3/c1-11-6-13(7-12(2)16(11)23)9-19-18(24)21-15-5-3-4-14(8-15)17-22-20-10-25-17/h3-8,10,23H,9H2,1-2H3,(H2,19,21,24). The van der Waals surface area contributed by atoms with Crippen LogP contribution in [0, 0.1) is 13.8 Å². The third-order valence-electron chi connectivity index (χ3n) is 3.73. The summed E-state index contributed by atoms with van der Waals surface area (Å²) in [6.07, 6.45) is 1.25. The number of phenols is 1. The number of urea groups is 1. The first-order valence-electron chi connectivity index (χ1n) is 7.73. The minimum atomic E-state index is -0.328. The molecule has 0 saturated heterocycles. The van der Waals surface area contributed by atoms with Gasteiger partial charge in [0.15, 0.2) is 0 Å². The van der Waals surface area contributed by atoms with Crippen molar-refractivity contribution in [2.24, 2.45) is 0 Å². The maximum atomic E-state index is 12.1. The van der Waals surface area contributed by atoms with Gasteiger partial charge in [-0.3, -0.25) is 0 Å². The number of hydrogen-bond acceptors (Lipinski definition) is 5. The van der Waals surface area contributed by atoms with E-state index in [0.717, 1.165) is 22.3 Å². The van der Waals surface area contributed by atoms with Gasteiger partial charge in [-0.05, 0) is 48.7 Å². The topological polar surface area (TPSA) is 100 Å². The zero-order valence-electron chi connectivity index (χ0n) is 13.9. The third-order valence-corrected chi connectivity index (χ3v) is 3.73. The minimum Gasteiger partial charge on any atom is -0.507 e. The molecule has 1 heterocycles. The summed E-state index contributed by atoms with van der Waals surface area (Å²) >= 11 is 0. The maximum absolute atomic E-state index is 12.1. The zero-order valence-corrected chi connectivity index (χ0v) is 13.9. The predicted octanol–water partition coefficient (Wildman–Crippen LogP) is 3.38. The molecule has 0 aliphatic heterocycles. The van der Waals surface area contributed by atoms with Crippen LogP contribution in [0.5, 0.6) is 5.75 Å². The molecule has 0 unspecified atom stereocenters. The van der Waals surface area contributed by atoms with Crippen LogP contribution in [0.3, 0.4) is 0 Å². The van der Waals surface area contributed by atoms with Crippen molar-refractivity contribution >= 4 is 11.7 Å². The van der Waals surface area contributed by atoms with Crippen molar-refractivity contribution in [3.63, 3.8) is 0 Å². The molecule has 0 saturated carbocycles. The van der Waals surface area contributed by atoms with E-state index >= 15 is 0 Å². The highest BCUT2D eigenvalue weighted by Gasteiger charge is 2.08. The smallest absolute Gasteiger partial charge is 0.319 e. The third kappa shape index (κ3) is 3.95. The summed E-state index contributed by atoms with van der Waals surface area (Å²) in [5.74, 6) is 0.671. The van der Waals surface area contributed by atoms with E-state index in [9.17, 15) is 9.90 Å². The van der Waals surface area contributed by atoms with E-state index in [1.54, 1.807) is 18.2 Å². The highest BCUT2D eigenvalue weighted by molar-refractivity contribution is 5.89. The number of benzene rings is 2. The number of carbonyl (C=O) groups excluding carboxylic acids is 1. The number of hydrogen-bond donors (Lipinski definition) is 3. The Morgan fingerprint density at radius 1 is 1.20 bits per heavy atom. The van der Waals surface area contributed by atoms with Crippen LogP contribution in [0.4, 0.5) is 10.5 Å². The molecule has 2 aromatic carbocycles. The summed E-state index contributed by atoms with van der Waals surface area (Å²) in [5.41, 5.74) is 3.82. The van der Waals surface area contributed by atoms with E-state index in [2.05, 4.69) is 20.8 Å². The molecular formula is C18H18N4O3. The summed E-state index contributed by atoms with van der Waals surface area (Å²) in [4.78, 5) is 12.1. The van der Waals surface area contributed by atoms with Crippen LogP contribution in [0.15, 0.2) is 47.2 Å². The first-order valence-corrected chi connectivity index (χ1v) is 7.73. The van der Waals surface area contributed by atoms with Gasteiger partial charge in [0.2, 0.25) is 12.3 Å². The van der Waals surface area contributed by atoms with Crippen LogP contribution >= 0.6 is 0 Å². The molecule has 0 atom stereocenters. The van der Waals surface area contributed by atoms with Crippen molar-refractivity contribution in [2.45, 2.75) is 20.4 Å². The number of aryl methyl sites for hydroxylation is 2. The second kappa shape index (κ2) is 7.04. The molecule has 3 rings (SSSR count). The Labute approximate surface area is 144 Å². The Morgan fingerprint density at radius 3 is 2.64 bits per heavy atom. The van der Waals surface area contributed by atoms with E-state index in [1.165, 1.54) is 6.39 Å². The number of nitrogens with zero attached hydrogens (tertiary/aromatic N) is 2. The van der Waals surface area contributed by atoms with Gasteiger partial charge in [-0.1, -0.05) is 18.2 Å². The van der Waals surface area contributed by atoms with Crippen molar-refractivity contribution in [3.8, 4) is 17.2 Å². The molecule has 128 valence electrons. The van der Waals surface area contributed by atoms with E-state index in [-0.39, 0.29) is 11.8 Å². The fraction of sp³-hybridized carbons (Fsp3) is 0.167. The maximum Gasteiger partial charge on any atom is 0.319 e. The molecule has 0 bridgehead atoms. The van der Waals surface area contributed by atoms with Crippen LogP contribution in [0.2, 0.25) is 0 Å². The zero-order chi connectivity index (χ0) is 17.8. The molecule has 0 aliphatic rings. The lowest BCUT2D eigenvalue weighted by molar-refractivity contribution is 0.251. The number of nitrogens with one attached hydrogen (secondary N) is 2. The second-order valence-electron chi connectivity index (χ2n) is 5.71. The summed E-state index contributed by atoms with van der Waals surface area (Å²) in [5, 5.41) is 22.8. The molecule has 3 N–H and O–H groups in total.